The van der Waals surface area contributed by atoms with Crippen molar-refractivity contribution in [1.82, 2.24) is 0 Å². The van der Waals surface area contributed by atoms with E-state index in [1.54, 1.807) is 0 Å². The van der Waals surface area contributed by atoms with E-state index >= 15 is 0 Å². The van der Waals surface area contributed by atoms with E-state index in [2.05, 4.69) is 0 Å². The Balaban J connectivity index is 1.59. The minimum absolute atomic E-state index is 0.534. The van der Waals surface area contributed by atoms with Gasteiger partial charge in [-0.3, -0.25) is 4.21 Å². The van der Waals surface area contributed by atoms with Crippen LogP contribution in [0.2, 0.25) is 0 Å². The third-order valence-electron chi connectivity index (χ3n) is 3.57. The van der Waals surface area contributed by atoms with Gasteiger partial charge in [0.1, 0.15) is 0 Å². The van der Waals surface area contributed by atoms with Crippen molar-refractivity contribution in [3.05, 3.63) is 11.8 Å². The van der Waals surface area contributed by atoms with Crippen LogP contribution in [-0.2, 0) is 15.5 Å². The molecule has 0 radical (unpaired) electrons. The highest BCUT2D eigenvalue weighted by atomic mass is 32.2. The fraction of sp³-hybridized carbons (Fsp3) is 0.846. The lowest BCUT2D eigenvalue weighted by atomic mass is 9.96. The van der Waals surface area contributed by atoms with Crippen molar-refractivity contribution in [3.63, 3.8) is 0 Å². The summed E-state index contributed by atoms with van der Waals surface area (Å²) < 4.78 is 16.8. The molecule has 1 saturated carbocycles. The zero-order chi connectivity index (χ0) is 11.2. The third-order valence-corrected chi connectivity index (χ3v) is 5.10. The minimum Gasteiger partial charge on any atom is -0.501 e. The molecule has 1 saturated heterocycles. The normalized spacial score (nSPS) is 30.4. The number of rotatable bonds is 4. The molecule has 0 aromatic carbocycles. The van der Waals surface area contributed by atoms with Gasteiger partial charge in [0.2, 0.25) is 0 Å². The first kappa shape index (κ1) is 12.2. The number of hydrogen-bond acceptors (Lipinski definition) is 2. The van der Waals surface area contributed by atoms with Crippen molar-refractivity contribution in [2.75, 3.05) is 18.1 Å². The number of allylic oxidation sites excluding steroid dienone is 1. The lowest BCUT2D eigenvalue weighted by Crippen LogP contribution is -2.04. The smallest absolute Gasteiger partial charge is 0.0876 e. The van der Waals surface area contributed by atoms with Crippen LogP contribution in [0.15, 0.2) is 11.8 Å². The van der Waals surface area contributed by atoms with E-state index < -0.39 is 10.8 Å². The molecule has 0 aromatic rings. The molecule has 16 heavy (non-hydrogen) atoms. The molecule has 0 N–H and O–H groups in total. The molecular formula is C13H22O2S. The predicted octanol–water partition coefficient (Wildman–Crippen LogP) is 3.01. The van der Waals surface area contributed by atoms with E-state index in [1.165, 1.54) is 37.7 Å². The summed E-state index contributed by atoms with van der Waals surface area (Å²) in [7, 11) is -0.534. The lowest BCUT2D eigenvalue weighted by Gasteiger charge is -2.13. The fourth-order valence-corrected chi connectivity index (χ4v) is 4.11. The van der Waals surface area contributed by atoms with Crippen molar-refractivity contribution < 1.29 is 8.95 Å². The summed E-state index contributed by atoms with van der Waals surface area (Å²) in [5.41, 5.74) is 1.49. The molecule has 0 aromatic heterocycles. The minimum atomic E-state index is -0.534. The Morgan fingerprint density at radius 3 is 2.81 bits per heavy atom. The van der Waals surface area contributed by atoms with Gasteiger partial charge in [0.25, 0.3) is 0 Å². The Hall–Kier alpha value is -0.310. The molecule has 1 aliphatic carbocycles. The van der Waals surface area contributed by atoms with E-state index in [1.807, 2.05) is 6.26 Å². The Morgan fingerprint density at radius 1 is 1.31 bits per heavy atom. The molecule has 2 fully saturated rings. The average molecular weight is 242 g/mol. The van der Waals surface area contributed by atoms with Crippen LogP contribution in [0.1, 0.15) is 44.9 Å². The largest absolute Gasteiger partial charge is 0.501 e. The van der Waals surface area contributed by atoms with Gasteiger partial charge in [-0.1, -0.05) is 6.42 Å². The van der Waals surface area contributed by atoms with Crippen molar-refractivity contribution in [1.29, 1.82) is 0 Å². The number of ether oxygens (including phenoxy) is 1. The van der Waals surface area contributed by atoms with Crippen molar-refractivity contribution >= 4 is 10.8 Å². The predicted molar refractivity (Wildman–Crippen MR) is 67.7 cm³/mol. The maximum atomic E-state index is 11.2. The summed E-state index contributed by atoms with van der Waals surface area (Å²) in [6.07, 6.45) is 10.7. The molecule has 0 bridgehead atoms. The van der Waals surface area contributed by atoms with Gasteiger partial charge in [-0.25, -0.2) is 0 Å². The maximum Gasteiger partial charge on any atom is 0.0876 e. The first-order chi connectivity index (χ1) is 7.84. The van der Waals surface area contributed by atoms with Gasteiger partial charge in [-0.2, -0.15) is 0 Å². The van der Waals surface area contributed by atoms with Gasteiger partial charge in [0.05, 0.1) is 12.9 Å². The van der Waals surface area contributed by atoms with Gasteiger partial charge in [-0.15, -0.1) is 0 Å². The van der Waals surface area contributed by atoms with Gasteiger partial charge in [0.15, 0.2) is 0 Å². The lowest BCUT2D eigenvalue weighted by molar-refractivity contribution is 0.221. The van der Waals surface area contributed by atoms with Crippen LogP contribution in [0.3, 0.4) is 0 Å². The van der Waals surface area contributed by atoms with Crippen LogP contribution >= 0.6 is 0 Å². The first-order valence-corrected chi connectivity index (χ1v) is 7.98. The molecule has 2 atom stereocenters. The second-order valence-electron chi connectivity index (χ2n) is 4.96. The molecule has 2 aliphatic rings. The highest BCUT2D eigenvalue weighted by Crippen LogP contribution is 2.23. The molecule has 2 nitrogen and oxygen atoms in total. The van der Waals surface area contributed by atoms with Crippen LogP contribution in [0.5, 0.6) is 0 Å². The van der Waals surface area contributed by atoms with E-state index in [0.717, 1.165) is 31.0 Å². The zero-order valence-corrected chi connectivity index (χ0v) is 10.8. The Bertz CT molecular complexity index is 265. The SMILES string of the molecule is O=S1CCC(CCOC=C2CCCCC2)C1. The van der Waals surface area contributed by atoms with Crippen molar-refractivity contribution in [2.24, 2.45) is 5.92 Å². The summed E-state index contributed by atoms with van der Waals surface area (Å²) in [6, 6.07) is 0. The molecule has 92 valence electrons. The fourth-order valence-electron chi connectivity index (χ4n) is 2.49. The van der Waals surface area contributed by atoms with E-state index in [0.29, 0.717) is 5.92 Å². The molecule has 2 rings (SSSR count). The van der Waals surface area contributed by atoms with Crippen LogP contribution in [0, 0.1) is 5.92 Å². The third kappa shape index (κ3) is 3.93. The van der Waals surface area contributed by atoms with Crippen LogP contribution in [-0.4, -0.2) is 22.3 Å². The Morgan fingerprint density at radius 2 is 2.12 bits per heavy atom. The van der Waals surface area contributed by atoms with Gasteiger partial charge in [0, 0.05) is 22.3 Å². The standard InChI is InChI=1S/C13H22O2S/c14-16-9-7-13(11-16)6-8-15-10-12-4-2-1-3-5-12/h10,13H,1-9,11H2. The van der Waals surface area contributed by atoms with E-state index in [-0.39, 0.29) is 0 Å². The summed E-state index contributed by atoms with van der Waals surface area (Å²) in [4.78, 5) is 0. The topological polar surface area (TPSA) is 26.3 Å². The van der Waals surface area contributed by atoms with Crippen LogP contribution < -0.4 is 0 Å². The average Bonchev–Trinajstić information content (AvgIpc) is 2.72. The monoisotopic (exact) mass is 242 g/mol. The highest BCUT2D eigenvalue weighted by Gasteiger charge is 2.20. The summed E-state index contributed by atoms with van der Waals surface area (Å²) in [5.74, 6) is 2.46. The van der Waals surface area contributed by atoms with Gasteiger partial charge >= 0.3 is 0 Å². The molecule has 0 amide bonds. The quantitative estimate of drug-likeness (QED) is 0.559. The molecule has 3 heteroatoms. The van der Waals surface area contributed by atoms with Crippen molar-refractivity contribution in [3.8, 4) is 0 Å². The van der Waals surface area contributed by atoms with Gasteiger partial charge < -0.3 is 4.74 Å². The summed E-state index contributed by atoms with van der Waals surface area (Å²) in [6.45, 7) is 0.811. The second-order valence-corrected chi connectivity index (χ2v) is 6.58. The summed E-state index contributed by atoms with van der Waals surface area (Å²) in [5, 5.41) is 0. The summed E-state index contributed by atoms with van der Waals surface area (Å²) >= 11 is 0. The van der Waals surface area contributed by atoms with E-state index in [9.17, 15) is 4.21 Å². The van der Waals surface area contributed by atoms with E-state index in [4.69, 9.17) is 4.74 Å². The van der Waals surface area contributed by atoms with Crippen molar-refractivity contribution in [2.45, 2.75) is 44.9 Å². The Labute approximate surface area is 101 Å². The van der Waals surface area contributed by atoms with Crippen LogP contribution in [0.25, 0.3) is 0 Å². The molecular weight excluding hydrogens is 220 g/mol. The molecule has 2 unspecified atom stereocenters. The maximum absolute atomic E-state index is 11.2. The Kier molecular flexibility index (Phi) is 4.89. The van der Waals surface area contributed by atoms with Crippen LogP contribution in [0.4, 0.5) is 0 Å². The molecule has 1 heterocycles. The number of hydrogen-bond donors (Lipinski definition) is 0. The second kappa shape index (κ2) is 6.43. The van der Waals surface area contributed by atoms with Gasteiger partial charge in [-0.05, 0) is 50.0 Å². The zero-order valence-electron chi connectivity index (χ0n) is 9.95. The first-order valence-electron chi connectivity index (χ1n) is 6.49. The highest BCUT2D eigenvalue weighted by molar-refractivity contribution is 7.85. The molecule has 0 spiro atoms. The molecule has 1 aliphatic heterocycles.